The van der Waals surface area contributed by atoms with E-state index in [1.165, 1.54) is 0 Å². The molecule has 0 aliphatic heterocycles. The van der Waals surface area contributed by atoms with E-state index in [0.717, 1.165) is 11.1 Å². The number of primary sulfonamides is 1. The molecule has 1 aromatic carbocycles. The molecule has 4 heteroatoms. The average molecular weight is 227 g/mol. The molecule has 1 rings (SSSR count). The van der Waals surface area contributed by atoms with Crippen molar-refractivity contribution in [2.24, 2.45) is 5.14 Å². The van der Waals surface area contributed by atoms with E-state index in [0.29, 0.717) is 5.92 Å². The highest BCUT2D eigenvalue weighted by atomic mass is 32.2. The summed E-state index contributed by atoms with van der Waals surface area (Å²) in [4.78, 5) is 0. The van der Waals surface area contributed by atoms with Crippen molar-refractivity contribution in [3.05, 3.63) is 35.4 Å². The van der Waals surface area contributed by atoms with Crippen molar-refractivity contribution in [1.82, 2.24) is 0 Å². The molecular weight excluding hydrogens is 210 g/mol. The second-order valence-corrected chi connectivity index (χ2v) is 5.94. The van der Waals surface area contributed by atoms with Gasteiger partial charge in [0, 0.05) is 0 Å². The predicted octanol–water partition coefficient (Wildman–Crippen LogP) is 2.16. The molecule has 0 aromatic heterocycles. The fourth-order valence-electron chi connectivity index (χ4n) is 1.36. The van der Waals surface area contributed by atoms with Crippen LogP contribution in [-0.2, 0) is 10.0 Å². The summed E-state index contributed by atoms with van der Waals surface area (Å²) in [6.45, 7) is 5.75. The fourth-order valence-corrected chi connectivity index (χ4v) is 1.89. The molecule has 0 spiro atoms. The maximum atomic E-state index is 11.2. The second-order valence-electron chi connectivity index (χ2n) is 4.06. The lowest BCUT2D eigenvalue weighted by Crippen LogP contribution is -2.19. The van der Waals surface area contributed by atoms with E-state index in [1.54, 1.807) is 13.0 Å². The number of hydrogen-bond donors (Lipinski definition) is 1. The van der Waals surface area contributed by atoms with Gasteiger partial charge in [0.2, 0.25) is 10.0 Å². The van der Waals surface area contributed by atoms with E-state index in [1.807, 2.05) is 18.2 Å². The first-order valence-corrected chi connectivity index (χ1v) is 6.54. The van der Waals surface area contributed by atoms with Crippen LogP contribution in [0, 0.1) is 0 Å². The van der Waals surface area contributed by atoms with Crippen LogP contribution in [0.25, 0.3) is 0 Å². The highest BCUT2D eigenvalue weighted by Crippen LogP contribution is 2.23. The normalized spacial score (nSPS) is 14.2. The Morgan fingerprint density at radius 3 is 2.13 bits per heavy atom. The van der Waals surface area contributed by atoms with E-state index in [9.17, 15) is 8.42 Å². The molecule has 0 aliphatic rings. The molecule has 0 heterocycles. The Kier molecular flexibility index (Phi) is 3.52. The minimum Gasteiger partial charge on any atom is -0.228 e. The quantitative estimate of drug-likeness (QED) is 0.860. The summed E-state index contributed by atoms with van der Waals surface area (Å²) in [7, 11) is -3.50. The molecule has 0 saturated carbocycles. The Balaban J connectivity index is 3.11. The number of sulfonamides is 1. The Bertz CT molecular complexity index is 438. The van der Waals surface area contributed by atoms with Crippen LogP contribution < -0.4 is 5.14 Å². The molecule has 3 nitrogen and oxygen atoms in total. The Labute approximate surface area is 91.4 Å². The SMILES string of the molecule is CC(C)c1cccc(C(C)S(N)(=O)=O)c1. The molecule has 0 saturated heterocycles. The monoisotopic (exact) mass is 227 g/mol. The third kappa shape index (κ3) is 3.04. The molecule has 0 bridgehead atoms. The summed E-state index contributed by atoms with van der Waals surface area (Å²) < 4.78 is 22.4. The van der Waals surface area contributed by atoms with Crippen LogP contribution in [0.4, 0.5) is 0 Å². The van der Waals surface area contributed by atoms with Gasteiger partial charge >= 0.3 is 0 Å². The van der Waals surface area contributed by atoms with Crippen molar-refractivity contribution in [1.29, 1.82) is 0 Å². The van der Waals surface area contributed by atoms with Crippen LogP contribution in [0.1, 0.15) is 43.1 Å². The van der Waals surface area contributed by atoms with Crippen molar-refractivity contribution in [3.8, 4) is 0 Å². The van der Waals surface area contributed by atoms with Gasteiger partial charge in [-0.25, -0.2) is 13.6 Å². The topological polar surface area (TPSA) is 60.2 Å². The largest absolute Gasteiger partial charge is 0.228 e. The van der Waals surface area contributed by atoms with Gasteiger partial charge in [0.05, 0.1) is 5.25 Å². The van der Waals surface area contributed by atoms with E-state index >= 15 is 0 Å². The predicted molar refractivity (Wildman–Crippen MR) is 62.1 cm³/mol. The van der Waals surface area contributed by atoms with Crippen LogP contribution in [-0.4, -0.2) is 8.42 Å². The van der Waals surface area contributed by atoms with Gasteiger partial charge in [-0.2, -0.15) is 0 Å². The summed E-state index contributed by atoms with van der Waals surface area (Å²) in [5, 5.41) is 4.47. The van der Waals surface area contributed by atoms with Crippen LogP contribution in [0.2, 0.25) is 0 Å². The number of hydrogen-bond acceptors (Lipinski definition) is 2. The first-order valence-electron chi connectivity index (χ1n) is 4.94. The Morgan fingerprint density at radius 1 is 1.13 bits per heavy atom. The summed E-state index contributed by atoms with van der Waals surface area (Å²) in [6.07, 6.45) is 0. The molecule has 84 valence electrons. The van der Waals surface area contributed by atoms with Gasteiger partial charge in [0.25, 0.3) is 0 Å². The molecule has 1 atom stereocenters. The minimum absolute atomic E-state index is 0.387. The van der Waals surface area contributed by atoms with Crippen LogP contribution in [0.3, 0.4) is 0 Å². The zero-order valence-corrected chi connectivity index (χ0v) is 10.1. The Hall–Kier alpha value is -0.870. The molecule has 1 aromatic rings. The van der Waals surface area contributed by atoms with Crippen molar-refractivity contribution in [2.45, 2.75) is 31.9 Å². The summed E-state index contributed by atoms with van der Waals surface area (Å²) >= 11 is 0. The second kappa shape index (κ2) is 4.33. The third-order valence-electron chi connectivity index (χ3n) is 2.54. The van der Waals surface area contributed by atoms with Crippen molar-refractivity contribution >= 4 is 10.0 Å². The molecule has 0 aliphatic carbocycles. The lowest BCUT2D eigenvalue weighted by atomic mass is 10.00. The number of nitrogens with two attached hydrogens (primary N) is 1. The summed E-state index contributed by atoms with van der Waals surface area (Å²) in [6, 6.07) is 7.55. The maximum Gasteiger partial charge on any atom is 0.215 e. The number of rotatable bonds is 3. The lowest BCUT2D eigenvalue weighted by Gasteiger charge is -2.12. The van der Waals surface area contributed by atoms with Gasteiger partial charge in [0.15, 0.2) is 0 Å². The van der Waals surface area contributed by atoms with Gasteiger partial charge in [0.1, 0.15) is 0 Å². The first-order chi connectivity index (χ1) is 6.82. The van der Waals surface area contributed by atoms with Crippen molar-refractivity contribution < 1.29 is 8.42 Å². The van der Waals surface area contributed by atoms with Gasteiger partial charge in [-0.1, -0.05) is 38.1 Å². The van der Waals surface area contributed by atoms with Crippen LogP contribution in [0.15, 0.2) is 24.3 Å². The zero-order chi connectivity index (χ0) is 11.6. The first kappa shape index (κ1) is 12.2. The summed E-state index contributed by atoms with van der Waals surface area (Å²) in [5.74, 6) is 0.387. The number of benzene rings is 1. The highest BCUT2D eigenvalue weighted by molar-refractivity contribution is 7.89. The molecule has 15 heavy (non-hydrogen) atoms. The average Bonchev–Trinajstić information content (AvgIpc) is 2.15. The standard InChI is InChI=1S/C11H17NO2S/c1-8(2)10-5-4-6-11(7-10)9(3)15(12,13)14/h4-9H,1-3H3,(H2,12,13,14). The van der Waals surface area contributed by atoms with Gasteiger partial charge < -0.3 is 0 Å². The van der Waals surface area contributed by atoms with Gasteiger partial charge in [-0.3, -0.25) is 0 Å². The van der Waals surface area contributed by atoms with Crippen molar-refractivity contribution in [2.75, 3.05) is 0 Å². The Morgan fingerprint density at radius 2 is 1.67 bits per heavy atom. The smallest absolute Gasteiger partial charge is 0.215 e. The van der Waals surface area contributed by atoms with E-state index in [-0.39, 0.29) is 0 Å². The highest BCUT2D eigenvalue weighted by Gasteiger charge is 2.18. The third-order valence-corrected chi connectivity index (χ3v) is 3.80. The van der Waals surface area contributed by atoms with Crippen LogP contribution >= 0.6 is 0 Å². The minimum atomic E-state index is -3.50. The van der Waals surface area contributed by atoms with E-state index < -0.39 is 15.3 Å². The lowest BCUT2D eigenvalue weighted by molar-refractivity contribution is 0.588. The van der Waals surface area contributed by atoms with Crippen molar-refractivity contribution in [3.63, 3.8) is 0 Å². The fraction of sp³-hybridized carbons (Fsp3) is 0.455. The zero-order valence-electron chi connectivity index (χ0n) is 9.27. The molecule has 1 unspecified atom stereocenters. The summed E-state index contributed by atoms with van der Waals surface area (Å²) in [5.41, 5.74) is 1.88. The van der Waals surface area contributed by atoms with Crippen LogP contribution in [0.5, 0.6) is 0 Å². The maximum absolute atomic E-state index is 11.2. The molecule has 0 radical (unpaired) electrons. The van der Waals surface area contributed by atoms with Gasteiger partial charge in [-0.15, -0.1) is 0 Å². The molecular formula is C11H17NO2S. The molecule has 0 fully saturated rings. The van der Waals surface area contributed by atoms with E-state index in [2.05, 4.69) is 13.8 Å². The molecule has 2 N–H and O–H groups in total. The van der Waals surface area contributed by atoms with Gasteiger partial charge in [-0.05, 0) is 24.0 Å². The van der Waals surface area contributed by atoms with E-state index in [4.69, 9.17) is 5.14 Å². The molecule has 0 amide bonds.